The Balaban J connectivity index is 1.44. The van der Waals surface area contributed by atoms with E-state index in [-0.39, 0.29) is 11.9 Å². The van der Waals surface area contributed by atoms with Crippen molar-refractivity contribution in [1.29, 1.82) is 0 Å². The molecule has 0 atom stereocenters. The van der Waals surface area contributed by atoms with E-state index in [1.807, 2.05) is 18.0 Å². The van der Waals surface area contributed by atoms with Gasteiger partial charge in [0.2, 0.25) is 5.91 Å². The van der Waals surface area contributed by atoms with Crippen molar-refractivity contribution in [2.24, 2.45) is 0 Å². The van der Waals surface area contributed by atoms with Gasteiger partial charge in [-0.25, -0.2) is 4.79 Å². The Morgan fingerprint density at radius 3 is 2.70 bits per heavy atom. The number of pyridine rings is 1. The molecule has 2 saturated heterocycles. The molecular formula is C16H23N5O2. The van der Waals surface area contributed by atoms with E-state index in [0.717, 1.165) is 44.7 Å². The van der Waals surface area contributed by atoms with Crippen molar-refractivity contribution in [1.82, 2.24) is 19.7 Å². The molecule has 3 amide bonds. The van der Waals surface area contributed by atoms with Gasteiger partial charge < -0.3 is 15.1 Å². The van der Waals surface area contributed by atoms with E-state index in [0.29, 0.717) is 12.6 Å². The highest BCUT2D eigenvalue weighted by Crippen LogP contribution is 2.20. The molecule has 2 aliphatic rings. The molecule has 0 radical (unpaired) electrons. The van der Waals surface area contributed by atoms with E-state index in [9.17, 15) is 9.59 Å². The van der Waals surface area contributed by atoms with Crippen LogP contribution in [0.2, 0.25) is 0 Å². The molecule has 7 nitrogen and oxygen atoms in total. The van der Waals surface area contributed by atoms with Crippen LogP contribution in [-0.4, -0.2) is 77.4 Å². The van der Waals surface area contributed by atoms with E-state index >= 15 is 0 Å². The summed E-state index contributed by atoms with van der Waals surface area (Å²) in [4.78, 5) is 34.0. The quantitative estimate of drug-likeness (QED) is 0.894. The lowest BCUT2D eigenvalue weighted by molar-refractivity contribution is -0.117. The van der Waals surface area contributed by atoms with Crippen molar-refractivity contribution < 1.29 is 9.59 Å². The van der Waals surface area contributed by atoms with Crippen molar-refractivity contribution in [2.45, 2.75) is 18.9 Å². The van der Waals surface area contributed by atoms with Crippen molar-refractivity contribution in [3.8, 4) is 0 Å². The molecular weight excluding hydrogens is 294 g/mol. The van der Waals surface area contributed by atoms with Crippen LogP contribution in [-0.2, 0) is 4.79 Å². The summed E-state index contributed by atoms with van der Waals surface area (Å²) in [6.07, 6.45) is 5.18. The number of aromatic nitrogens is 1. The first kappa shape index (κ1) is 15.7. The van der Waals surface area contributed by atoms with Gasteiger partial charge in [-0.05, 0) is 25.0 Å². The van der Waals surface area contributed by atoms with Crippen LogP contribution in [0.4, 0.5) is 10.5 Å². The molecule has 2 fully saturated rings. The summed E-state index contributed by atoms with van der Waals surface area (Å²) in [5.41, 5.74) is 0.720. The Bertz CT molecular complexity index is 557. The molecule has 0 spiro atoms. The molecule has 0 aliphatic carbocycles. The van der Waals surface area contributed by atoms with Crippen LogP contribution in [0.5, 0.6) is 0 Å². The lowest BCUT2D eigenvalue weighted by Gasteiger charge is -2.36. The number of anilines is 1. The standard InChI is InChI=1S/C16H23N5O2/c1-19-9-10-21(16(19)23)14-4-7-20(8-5-14)12-15(22)18-13-3-2-6-17-11-13/h2-3,6,11,14H,4-5,7-10,12H2,1H3,(H,18,22). The molecule has 23 heavy (non-hydrogen) atoms. The molecule has 3 rings (SSSR count). The third kappa shape index (κ3) is 3.79. The van der Waals surface area contributed by atoms with Crippen LogP contribution in [0.15, 0.2) is 24.5 Å². The Hall–Kier alpha value is -2.15. The number of urea groups is 1. The minimum absolute atomic E-state index is 0.0200. The Morgan fingerprint density at radius 1 is 1.30 bits per heavy atom. The molecule has 124 valence electrons. The zero-order valence-corrected chi connectivity index (χ0v) is 13.4. The Morgan fingerprint density at radius 2 is 2.09 bits per heavy atom. The van der Waals surface area contributed by atoms with Crippen molar-refractivity contribution in [3.05, 3.63) is 24.5 Å². The average molecular weight is 317 g/mol. The summed E-state index contributed by atoms with van der Waals surface area (Å²) in [6, 6.07) is 4.07. The molecule has 0 saturated carbocycles. The highest BCUT2D eigenvalue weighted by Gasteiger charge is 2.33. The number of carbonyl (C=O) groups is 2. The molecule has 1 aromatic rings. The van der Waals surface area contributed by atoms with Crippen molar-refractivity contribution in [2.75, 3.05) is 45.1 Å². The maximum absolute atomic E-state index is 12.1. The summed E-state index contributed by atoms with van der Waals surface area (Å²) in [5.74, 6) is -0.0200. The molecule has 1 N–H and O–H groups in total. The van der Waals surface area contributed by atoms with Gasteiger partial charge in [-0.1, -0.05) is 0 Å². The molecule has 1 aromatic heterocycles. The average Bonchev–Trinajstić information content (AvgIpc) is 2.89. The third-order valence-electron chi connectivity index (χ3n) is 4.56. The number of hydrogen-bond donors (Lipinski definition) is 1. The second kappa shape index (κ2) is 6.95. The topological polar surface area (TPSA) is 68.8 Å². The maximum atomic E-state index is 12.1. The largest absolute Gasteiger partial charge is 0.326 e. The van der Waals surface area contributed by atoms with Crippen LogP contribution >= 0.6 is 0 Å². The lowest BCUT2D eigenvalue weighted by Crippen LogP contribution is -2.47. The maximum Gasteiger partial charge on any atom is 0.320 e. The lowest BCUT2D eigenvalue weighted by atomic mass is 10.0. The summed E-state index contributed by atoms with van der Waals surface area (Å²) in [6.45, 7) is 3.71. The summed E-state index contributed by atoms with van der Waals surface area (Å²) >= 11 is 0. The number of hydrogen-bond acceptors (Lipinski definition) is 4. The highest BCUT2D eigenvalue weighted by atomic mass is 16.2. The molecule has 0 unspecified atom stereocenters. The zero-order valence-electron chi connectivity index (χ0n) is 13.4. The molecule has 3 heterocycles. The summed E-state index contributed by atoms with van der Waals surface area (Å²) in [5, 5.41) is 2.85. The van der Waals surface area contributed by atoms with Crippen molar-refractivity contribution in [3.63, 3.8) is 0 Å². The monoisotopic (exact) mass is 317 g/mol. The van der Waals surface area contributed by atoms with Crippen LogP contribution in [0.3, 0.4) is 0 Å². The molecule has 2 aliphatic heterocycles. The zero-order chi connectivity index (χ0) is 16.2. The van der Waals surface area contributed by atoms with Gasteiger partial charge in [0.1, 0.15) is 0 Å². The number of likely N-dealkylation sites (tertiary alicyclic amines) is 1. The first-order valence-corrected chi connectivity index (χ1v) is 8.07. The summed E-state index contributed by atoms with van der Waals surface area (Å²) < 4.78 is 0. The van der Waals surface area contributed by atoms with E-state index < -0.39 is 0 Å². The number of amides is 3. The number of carbonyl (C=O) groups excluding carboxylic acids is 2. The smallest absolute Gasteiger partial charge is 0.320 e. The molecule has 0 bridgehead atoms. The number of nitrogens with zero attached hydrogens (tertiary/aromatic N) is 4. The van der Waals surface area contributed by atoms with Gasteiger partial charge in [0.15, 0.2) is 0 Å². The van der Waals surface area contributed by atoms with Crippen LogP contribution < -0.4 is 5.32 Å². The van der Waals surface area contributed by atoms with Crippen LogP contribution in [0.25, 0.3) is 0 Å². The van der Waals surface area contributed by atoms with Crippen LogP contribution in [0.1, 0.15) is 12.8 Å². The predicted octanol–water partition coefficient (Wildman–Crippen LogP) is 0.852. The van der Waals surface area contributed by atoms with Gasteiger partial charge >= 0.3 is 6.03 Å². The third-order valence-corrected chi connectivity index (χ3v) is 4.56. The number of nitrogens with one attached hydrogen (secondary N) is 1. The Labute approximate surface area is 136 Å². The minimum Gasteiger partial charge on any atom is -0.326 e. The fraction of sp³-hybridized carbons (Fsp3) is 0.562. The normalized spacial score (nSPS) is 20.1. The summed E-state index contributed by atoms with van der Waals surface area (Å²) in [7, 11) is 1.85. The van der Waals surface area contributed by atoms with E-state index in [1.165, 1.54) is 0 Å². The second-order valence-corrected chi connectivity index (χ2v) is 6.19. The first-order valence-electron chi connectivity index (χ1n) is 8.07. The molecule has 0 aromatic carbocycles. The number of likely N-dealkylation sites (N-methyl/N-ethyl adjacent to an activating group) is 1. The number of rotatable bonds is 4. The van der Waals surface area contributed by atoms with Gasteiger partial charge in [0, 0.05) is 45.5 Å². The fourth-order valence-electron chi connectivity index (χ4n) is 3.24. The molecule has 7 heteroatoms. The van der Waals surface area contributed by atoms with Crippen molar-refractivity contribution >= 4 is 17.6 Å². The first-order chi connectivity index (χ1) is 11.1. The Kier molecular flexibility index (Phi) is 4.76. The van der Waals surface area contributed by atoms with E-state index in [4.69, 9.17) is 0 Å². The number of piperidine rings is 1. The predicted molar refractivity (Wildman–Crippen MR) is 87.1 cm³/mol. The van der Waals surface area contributed by atoms with E-state index in [2.05, 4.69) is 15.2 Å². The van der Waals surface area contributed by atoms with Gasteiger partial charge in [0.05, 0.1) is 18.4 Å². The second-order valence-electron chi connectivity index (χ2n) is 6.19. The van der Waals surface area contributed by atoms with Gasteiger partial charge in [-0.2, -0.15) is 0 Å². The van der Waals surface area contributed by atoms with Gasteiger partial charge in [0.25, 0.3) is 0 Å². The SMILES string of the molecule is CN1CCN(C2CCN(CC(=O)Nc3cccnc3)CC2)C1=O. The van der Waals surface area contributed by atoms with E-state index in [1.54, 1.807) is 23.4 Å². The van der Waals surface area contributed by atoms with Gasteiger partial charge in [-0.15, -0.1) is 0 Å². The highest BCUT2D eigenvalue weighted by molar-refractivity contribution is 5.92. The fourth-order valence-corrected chi connectivity index (χ4v) is 3.24. The van der Waals surface area contributed by atoms with Gasteiger partial charge in [-0.3, -0.25) is 14.7 Å². The van der Waals surface area contributed by atoms with Crippen LogP contribution in [0, 0.1) is 0 Å². The minimum atomic E-state index is -0.0200.